The Hall–Kier alpha value is -2.90. The molecule has 0 bridgehead atoms. The molecule has 3 heterocycles. The molecule has 0 spiro atoms. The first kappa shape index (κ1) is 18.5. The third-order valence-corrected chi connectivity index (χ3v) is 5.42. The summed E-state index contributed by atoms with van der Waals surface area (Å²) in [5.74, 6) is 2.01. The molecule has 1 unspecified atom stereocenters. The molecule has 0 radical (unpaired) electrons. The van der Waals surface area contributed by atoms with E-state index in [1.54, 1.807) is 13.4 Å². The fraction of sp³-hybridized carbons (Fsp3) is 0.500. The molecule has 0 fully saturated rings. The fourth-order valence-corrected chi connectivity index (χ4v) is 3.92. The predicted octanol–water partition coefficient (Wildman–Crippen LogP) is 1.13. The lowest BCUT2D eigenvalue weighted by Gasteiger charge is -2.25. The zero-order valence-corrected chi connectivity index (χ0v) is 16.3. The van der Waals surface area contributed by atoms with Crippen LogP contribution in [0.25, 0.3) is 0 Å². The minimum Gasteiger partial charge on any atom is -0.356 e. The van der Waals surface area contributed by atoms with Gasteiger partial charge in [-0.2, -0.15) is 5.10 Å². The van der Waals surface area contributed by atoms with Crippen LogP contribution in [0.3, 0.4) is 0 Å². The number of aromatic nitrogens is 3. The number of hydrogen-bond donors (Lipinski definition) is 2. The number of carbonyl (C=O) groups is 1. The second-order valence-electron chi connectivity index (χ2n) is 7.26. The zero-order valence-electron chi connectivity index (χ0n) is 16.3. The molecule has 0 saturated carbocycles. The van der Waals surface area contributed by atoms with Gasteiger partial charge in [-0.05, 0) is 30.9 Å². The Morgan fingerprint density at radius 1 is 1.32 bits per heavy atom. The Kier molecular flexibility index (Phi) is 5.55. The molecule has 1 amide bonds. The van der Waals surface area contributed by atoms with Gasteiger partial charge in [0.2, 0.25) is 5.91 Å². The number of guanidine groups is 1. The number of nitrogens with one attached hydrogen (secondary N) is 2. The van der Waals surface area contributed by atoms with Crippen LogP contribution in [0.1, 0.15) is 30.7 Å². The third-order valence-electron chi connectivity index (χ3n) is 5.42. The number of nitrogens with zero attached hydrogens (tertiary/aromatic N) is 5. The van der Waals surface area contributed by atoms with Crippen LogP contribution in [0.2, 0.25) is 0 Å². The van der Waals surface area contributed by atoms with E-state index in [1.165, 1.54) is 5.56 Å². The quantitative estimate of drug-likeness (QED) is 0.461. The summed E-state index contributed by atoms with van der Waals surface area (Å²) in [6.45, 7) is 2.30. The summed E-state index contributed by atoms with van der Waals surface area (Å²) in [6.07, 6.45) is 5.79. The van der Waals surface area contributed by atoms with Crippen molar-refractivity contribution in [1.82, 2.24) is 25.4 Å². The van der Waals surface area contributed by atoms with Crippen molar-refractivity contribution < 1.29 is 4.79 Å². The first-order chi connectivity index (χ1) is 13.7. The Balaban J connectivity index is 1.20. The van der Waals surface area contributed by atoms with E-state index < -0.39 is 0 Å². The van der Waals surface area contributed by atoms with E-state index in [1.807, 2.05) is 27.8 Å². The standard InChI is InChI=1S/C20H27N7O/c1-21-20(25-16-8-9-18-23-14-24-27(18)13-16)22-11-4-7-19(28)26-12-10-15-5-2-3-6-17(15)26/h2-3,5-6,14,16H,4,7-13H2,1H3,(H2,21,22,25). The van der Waals surface area contributed by atoms with Crippen molar-refractivity contribution in [3.63, 3.8) is 0 Å². The number of hydrogen-bond acceptors (Lipinski definition) is 4. The molecule has 28 heavy (non-hydrogen) atoms. The van der Waals surface area contributed by atoms with E-state index in [4.69, 9.17) is 0 Å². The summed E-state index contributed by atoms with van der Waals surface area (Å²) in [4.78, 5) is 23.0. The second kappa shape index (κ2) is 8.41. The maximum absolute atomic E-state index is 12.6. The molecular weight excluding hydrogens is 354 g/mol. The maximum Gasteiger partial charge on any atom is 0.227 e. The van der Waals surface area contributed by atoms with Gasteiger partial charge in [0.1, 0.15) is 12.2 Å². The summed E-state index contributed by atoms with van der Waals surface area (Å²) in [5.41, 5.74) is 2.34. The third kappa shape index (κ3) is 4.00. The molecular formula is C20H27N7O. The van der Waals surface area contributed by atoms with E-state index in [0.717, 1.165) is 56.2 Å². The Bertz CT molecular complexity index is 860. The second-order valence-corrected chi connectivity index (χ2v) is 7.26. The highest BCUT2D eigenvalue weighted by molar-refractivity contribution is 5.95. The molecule has 148 valence electrons. The molecule has 2 aliphatic rings. The van der Waals surface area contributed by atoms with Crippen LogP contribution in [-0.2, 0) is 24.2 Å². The van der Waals surface area contributed by atoms with Crippen molar-refractivity contribution in [2.24, 2.45) is 4.99 Å². The van der Waals surface area contributed by atoms with Crippen LogP contribution >= 0.6 is 0 Å². The SMILES string of the molecule is CN=C(NCCCC(=O)N1CCc2ccccc21)NC1CCc2ncnn2C1. The van der Waals surface area contributed by atoms with E-state index in [2.05, 4.69) is 31.8 Å². The molecule has 2 N–H and O–H groups in total. The van der Waals surface area contributed by atoms with Crippen molar-refractivity contribution in [3.8, 4) is 0 Å². The largest absolute Gasteiger partial charge is 0.356 e. The van der Waals surface area contributed by atoms with Crippen molar-refractivity contribution in [2.45, 2.75) is 44.7 Å². The van der Waals surface area contributed by atoms with Gasteiger partial charge in [-0.15, -0.1) is 0 Å². The van der Waals surface area contributed by atoms with Crippen LogP contribution in [0, 0.1) is 0 Å². The highest BCUT2D eigenvalue weighted by Crippen LogP contribution is 2.27. The van der Waals surface area contributed by atoms with Crippen LogP contribution < -0.4 is 15.5 Å². The van der Waals surface area contributed by atoms with Crippen molar-refractivity contribution in [3.05, 3.63) is 42.0 Å². The summed E-state index contributed by atoms with van der Waals surface area (Å²) >= 11 is 0. The molecule has 0 saturated heterocycles. The topological polar surface area (TPSA) is 87.4 Å². The van der Waals surface area contributed by atoms with Gasteiger partial charge in [-0.1, -0.05) is 18.2 Å². The van der Waals surface area contributed by atoms with Gasteiger partial charge in [0.15, 0.2) is 5.96 Å². The number of aliphatic imine (C=N–C) groups is 1. The number of rotatable bonds is 5. The number of para-hydroxylation sites is 1. The lowest BCUT2D eigenvalue weighted by atomic mass is 10.1. The van der Waals surface area contributed by atoms with Gasteiger partial charge in [0, 0.05) is 44.7 Å². The van der Waals surface area contributed by atoms with Crippen LogP contribution in [0.15, 0.2) is 35.6 Å². The lowest BCUT2D eigenvalue weighted by molar-refractivity contribution is -0.118. The molecule has 1 aromatic heterocycles. The average molecular weight is 381 g/mol. The fourth-order valence-electron chi connectivity index (χ4n) is 3.92. The maximum atomic E-state index is 12.6. The van der Waals surface area contributed by atoms with Crippen LogP contribution in [0.5, 0.6) is 0 Å². The van der Waals surface area contributed by atoms with Crippen LogP contribution in [0.4, 0.5) is 5.69 Å². The molecule has 8 heteroatoms. The summed E-state index contributed by atoms with van der Waals surface area (Å²) in [6, 6.07) is 8.45. The van der Waals surface area contributed by atoms with Crippen molar-refractivity contribution in [2.75, 3.05) is 25.0 Å². The Morgan fingerprint density at radius 2 is 2.21 bits per heavy atom. The van der Waals surface area contributed by atoms with E-state index >= 15 is 0 Å². The highest BCUT2D eigenvalue weighted by Gasteiger charge is 2.23. The molecule has 2 aromatic rings. The Morgan fingerprint density at radius 3 is 3.11 bits per heavy atom. The smallest absolute Gasteiger partial charge is 0.227 e. The Labute approximate surface area is 165 Å². The van der Waals surface area contributed by atoms with Crippen molar-refractivity contribution in [1.29, 1.82) is 0 Å². The van der Waals surface area contributed by atoms with E-state index in [-0.39, 0.29) is 11.9 Å². The summed E-state index contributed by atoms with van der Waals surface area (Å²) in [5, 5.41) is 11.0. The highest BCUT2D eigenvalue weighted by atomic mass is 16.2. The number of aryl methyl sites for hydroxylation is 1. The monoisotopic (exact) mass is 381 g/mol. The number of fused-ring (bicyclic) bond motifs is 2. The first-order valence-electron chi connectivity index (χ1n) is 9.96. The molecule has 1 atom stereocenters. The van der Waals surface area contributed by atoms with E-state index in [9.17, 15) is 4.79 Å². The summed E-state index contributed by atoms with van der Waals surface area (Å²) < 4.78 is 1.95. The zero-order chi connectivity index (χ0) is 19.3. The number of amides is 1. The first-order valence-corrected chi connectivity index (χ1v) is 9.96. The van der Waals surface area contributed by atoms with Gasteiger partial charge in [0.05, 0.1) is 6.54 Å². The number of benzene rings is 1. The number of anilines is 1. The van der Waals surface area contributed by atoms with Gasteiger partial charge in [0.25, 0.3) is 0 Å². The van der Waals surface area contributed by atoms with Crippen LogP contribution in [-0.4, -0.2) is 52.8 Å². The van der Waals surface area contributed by atoms with Gasteiger partial charge < -0.3 is 15.5 Å². The van der Waals surface area contributed by atoms with Gasteiger partial charge >= 0.3 is 0 Å². The average Bonchev–Trinajstić information content (AvgIpc) is 3.36. The minimum atomic E-state index is 0.195. The van der Waals surface area contributed by atoms with Gasteiger partial charge in [-0.3, -0.25) is 9.79 Å². The molecule has 8 nitrogen and oxygen atoms in total. The van der Waals surface area contributed by atoms with Crippen molar-refractivity contribution >= 4 is 17.6 Å². The predicted molar refractivity (Wildman–Crippen MR) is 108 cm³/mol. The van der Waals surface area contributed by atoms with Gasteiger partial charge in [-0.25, -0.2) is 9.67 Å². The molecule has 0 aliphatic carbocycles. The molecule has 1 aromatic carbocycles. The van der Waals surface area contributed by atoms with E-state index in [0.29, 0.717) is 13.0 Å². The minimum absolute atomic E-state index is 0.195. The summed E-state index contributed by atoms with van der Waals surface area (Å²) in [7, 11) is 1.77. The number of carbonyl (C=O) groups excluding carboxylic acids is 1. The normalized spacial score (nSPS) is 18.5. The molecule has 2 aliphatic heterocycles. The lowest BCUT2D eigenvalue weighted by Crippen LogP contribution is -2.47. The molecule has 4 rings (SSSR count).